The number of aromatic nitrogens is 2. The first-order valence-corrected chi connectivity index (χ1v) is 14.1. The predicted molar refractivity (Wildman–Crippen MR) is 154 cm³/mol. The average Bonchev–Trinajstić information content (AvgIpc) is 3.49. The van der Waals surface area contributed by atoms with Crippen LogP contribution in [0, 0.1) is 11.8 Å². The number of aliphatic hydroxyl groups is 1. The SMILES string of the molecule is CC(C)[C@H](NC(=O)[C@@H]1Cc2ccccc2N1C(=O)[C@@H](NC(=O)OC(C)(C)C)C(C)C)C(O)c1nnc(C(C)(C)C)o1. The van der Waals surface area contributed by atoms with Crippen molar-refractivity contribution in [3.8, 4) is 0 Å². The van der Waals surface area contributed by atoms with Crippen LogP contribution in [0.15, 0.2) is 28.7 Å². The van der Waals surface area contributed by atoms with Crippen LogP contribution in [0.25, 0.3) is 0 Å². The van der Waals surface area contributed by atoms with E-state index in [1.54, 1.807) is 32.9 Å². The van der Waals surface area contributed by atoms with Crippen molar-refractivity contribution in [2.75, 3.05) is 4.90 Å². The monoisotopic (exact) mass is 571 g/mol. The van der Waals surface area contributed by atoms with Gasteiger partial charge in [0.05, 0.1) is 6.04 Å². The number of anilines is 1. The van der Waals surface area contributed by atoms with Gasteiger partial charge >= 0.3 is 6.09 Å². The number of carbonyl (C=O) groups excluding carboxylic acids is 3. The van der Waals surface area contributed by atoms with Crippen LogP contribution >= 0.6 is 0 Å². The van der Waals surface area contributed by atoms with E-state index in [9.17, 15) is 19.5 Å². The van der Waals surface area contributed by atoms with Gasteiger partial charge in [-0.2, -0.15) is 0 Å². The predicted octanol–water partition coefficient (Wildman–Crippen LogP) is 4.05. The molecule has 0 saturated heterocycles. The molecular weight excluding hydrogens is 526 g/mol. The zero-order chi connectivity index (χ0) is 30.9. The highest BCUT2D eigenvalue weighted by Gasteiger charge is 2.43. The average molecular weight is 572 g/mol. The number of aliphatic hydroxyl groups excluding tert-OH is 1. The summed E-state index contributed by atoms with van der Waals surface area (Å²) in [6, 6.07) is 4.70. The van der Waals surface area contributed by atoms with E-state index >= 15 is 0 Å². The minimum atomic E-state index is -1.26. The molecule has 1 unspecified atom stereocenters. The topological polar surface area (TPSA) is 147 Å². The fourth-order valence-electron chi connectivity index (χ4n) is 4.65. The van der Waals surface area contributed by atoms with Gasteiger partial charge in [0.15, 0.2) is 6.10 Å². The highest BCUT2D eigenvalue weighted by Crippen LogP contribution is 2.34. The Kier molecular flexibility index (Phi) is 9.52. The molecule has 226 valence electrons. The second-order valence-electron chi connectivity index (χ2n) is 13.3. The largest absolute Gasteiger partial charge is 0.444 e. The number of carbonyl (C=O) groups is 3. The lowest BCUT2D eigenvalue weighted by Crippen LogP contribution is -2.58. The van der Waals surface area contributed by atoms with Gasteiger partial charge in [-0.1, -0.05) is 66.7 Å². The lowest BCUT2D eigenvalue weighted by Gasteiger charge is -2.33. The number of alkyl carbamates (subject to hydrolysis) is 1. The number of fused-ring (bicyclic) bond motifs is 1. The maximum Gasteiger partial charge on any atom is 0.408 e. The zero-order valence-corrected chi connectivity index (χ0v) is 25.8. The molecule has 1 aliphatic heterocycles. The summed E-state index contributed by atoms with van der Waals surface area (Å²) in [6.07, 6.45) is -1.69. The van der Waals surface area contributed by atoms with Crippen molar-refractivity contribution in [2.45, 2.75) is 111 Å². The van der Waals surface area contributed by atoms with Gasteiger partial charge in [0.1, 0.15) is 17.7 Å². The molecule has 4 atom stereocenters. The molecular formula is C30H45N5O6. The smallest absolute Gasteiger partial charge is 0.408 e. The van der Waals surface area contributed by atoms with E-state index < -0.39 is 53.2 Å². The van der Waals surface area contributed by atoms with Crippen LogP contribution in [0.4, 0.5) is 10.5 Å². The number of hydrogen-bond donors (Lipinski definition) is 3. The number of nitrogens with one attached hydrogen (secondary N) is 2. The molecule has 3 N–H and O–H groups in total. The Hall–Kier alpha value is -3.47. The summed E-state index contributed by atoms with van der Waals surface area (Å²) in [7, 11) is 0. The Labute approximate surface area is 242 Å². The number of hydrogen-bond acceptors (Lipinski definition) is 8. The molecule has 0 bridgehead atoms. The number of para-hydroxylation sites is 1. The summed E-state index contributed by atoms with van der Waals surface area (Å²) in [4.78, 5) is 41.9. The van der Waals surface area contributed by atoms with E-state index in [2.05, 4.69) is 20.8 Å². The molecule has 0 saturated carbocycles. The maximum atomic E-state index is 14.0. The molecule has 0 spiro atoms. The van der Waals surface area contributed by atoms with Crippen molar-refractivity contribution in [1.29, 1.82) is 0 Å². The molecule has 2 heterocycles. The fourth-order valence-corrected chi connectivity index (χ4v) is 4.65. The molecule has 0 aliphatic carbocycles. The van der Waals surface area contributed by atoms with Crippen molar-refractivity contribution in [2.24, 2.45) is 11.8 Å². The molecule has 3 rings (SSSR count). The molecule has 11 heteroatoms. The van der Waals surface area contributed by atoms with Crippen LogP contribution in [0.1, 0.15) is 92.7 Å². The van der Waals surface area contributed by atoms with Gasteiger partial charge in [0, 0.05) is 17.5 Å². The minimum Gasteiger partial charge on any atom is -0.444 e. The molecule has 1 aromatic heterocycles. The fraction of sp³-hybridized carbons (Fsp3) is 0.633. The van der Waals surface area contributed by atoms with Crippen molar-refractivity contribution in [3.05, 3.63) is 41.6 Å². The van der Waals surface area contributed by atoms with E-state index in [0.29, 0.717) is 11.6 Å². The van der Waals surface area contributed by atoms with Crippen molar-refractivity contribution in [3.63, 3.8) is 0 Å². The molecule has 0 radical (unpaired) electrons. The number of ether oxygens (including phenoxy) is 1. The second kappa shape index (κ2) is 12.2. The van der Waals surface area contributed by atoms with E-state index in [4.69, 9.17) is 9.15 Å². The van der Waals surface area contributed by atoms with Crippen molar-refractivity contribution < 1.29 is 28.6 Å². The lowest BCUT2D eigenvalue weighted by atomic mass is 9.96. The van der Waals surface area contributed by atoms with Gasteiger partial charge in [0.2, 0.25) is 17.7 Å². The summed E-state index contributed by atoms with van der Waals surface area (Å²) in [5, 5.41) is 24.9. The third-order valence-electron chi connectivity index (χ3n) is 6.82. The van der Waals surface area contributed by atoms with Gasteiger partial charge in [0.25, 0.3) is 5.91 Å². The highest BCUT2D eigenvalue weighted by atomic mass is 16.6. The van der Waals surface area contributed by atoms with Gasteiger partial charge < -0.3 is 24.9 Å². The van der Waals surface area contributed by atoms with Gasteiger partial charge in [-0.05, 0) is 44.2 Å². The first kappa shape index (κ1) is 32.0. The normalized spacial score (nSPS) is 17.7. The Morgan fingerprint density at radius 1 is 1.00 bits per heavy atom. The first-order valence-electron chi connectivity index (χ1n) is 14.1. The Balaban J connectivity index is 1.89. The summed E-state index contributed by atoms with van der Waals surface area (Å²) < 4.78 is 11.1. The van der Waals surface area contributed by atoms with E-state index in [1.165, 1.54) is 4.90 Å². The summed E-state index contributed by atoms with van der Waals surface area (Å²) in [6.45, 7) is 18.4. The Morgan fingerprint density at radius 3 is 2.17 bits per heavy atom. The zero-order valence-electron chi connectivity index (χ0n) is 25.8. The van der Waals surface area contributed by atoms with Crippen LogP contribution in [-0.4, -0.2) is 56.9 Å². The van der Waals surface area contributed by atoms with Crippen molar-refractivity contribution in [1.82, 2.24) is 20.8 Å². The second-order valence-corrected chi connectivity index (χ2v) is 13.3. The van der Waals surface area contributed by atoms with Crippen molar-refractivity contribution >= 4 is 23.6 Å². The molecule has 0 fully saturated rings. The standard InChI is InChI=1S/C30H45N5O6/c1-16(2)21(23(36)25-33-34-27(40-25)29(5,6)7)31-24(37)20-15-18-13-11-12-14-19(18)35(20)26(38)22(17(3)4)32-28(39)41-30(8,9)10/h11-14,16-17,20-23,36H,15H2,1-10H3,(H,31,37)(H,32,39)/t20-,21-,22-,23?/m0/s1. The van der Waals surface area contributed by atoms with Crippen LogP contribution < -0.4 is 15.5 Å². The van der Waals surface area contributed by atoms with Gasteiger partial charge in [-0.3, -0.25) is 14.5 Å². The van der Waals surface area contributed by atoms with E-state index in [-0.39, 0.29) is 24.1 Å². The Morgan fingerprint density at radius 2 is 1.63 bits per heavy atom. The van der Waals surface area contributed by atoms with Gasteiger partial charge in [-0.15, -0.1) is 10.2 Å². The third-order valence-corrected chi connectivity index (χ3v) is 6.82. The first-order chi connectivity index (χ1) is 18.9. The Bertz CT molecular complexity index is 1240. The maximum absolute atomic E-state index is 14.0. The summed E-state index contributed by atoms with van der Waals surface area (Å²) >= 11 is 0. The van der Waals surface area contributed by atoms with Crippen LogP contribution in [0.5, 0.6) is 0 Å². The molecule has 2 aromatic rings. The third kappa shape index (κ3) is 7.63. The van der Waals surface area contributed by atoms with E-state index in [0.717, 1.165) is 5.56 Å². The quantitative estimate of drug-likeness (QED) is 0.430. The number of amides is 3. The highest BCUT2D eigenvalue weighted by molar-refractivity contribution is 6.06. The molecule has 41 heavy (non-hydrogen) atoms. The van der Waals surface area contributed by atoms with Crippen LogP contribution in [-0.2, 0) is 26.2 Å². The number of nitrogens with zero attached hydrogens (tertiary/aromatic N) is 3. The van der Waals surface area contributed by atoms with Crippen LogP contribution in [0.2, 0.25) is 0 Å². The number of benzene rings is 1. The summed E-state index contributed by atoms with van der Waals surface area (Å²) in [5.74, 6) is -0.971. The molecule has 11 nitrogen and oxygen atoms in total. The number of rotatable bonds is 8. The molecule has 3 amide bonds. The lowest BCUT2D eigenvalue weighted by molar-refractivity contribution is -0.128. The summed E-state index contributed by atoms with van der Waals surface area (Å²) in [5.41, 5.74) is 0.283. The van der Waals surface area contributed by atoms with Gasteiger partial charge in [-0.25, -0.2) is 4.79 Å². The molecule has 1 aliphatic rings. The van der Waals surface area contributed by atoms with Crippen LogP contribution in [0.3, 0.4) is 0 Å². The minimum absolute atomic E-state index is 0.0120. The molecule has 1 aromatic carbocycles. The van der Waals surface area contributed by atoms with E-state index in [1.807, 2.05) is 60.6 Å².